The van der Waals surface area contributed by atoms with E-state index in [4.69, 9.17) is 19.3 Å². The molecule has 0 bridgehead atoms. The van der Waals surface area contributed by atoms with Gasteiger partial charge in [-0.1, -0.05) is 26.2 Å². The van der Waals surface area contributed by atoms with Gasteiger partial charge in [0.1, 0.15) is 0 Å². The SMILES string of the molecule is CCCCCCC(O)O.CS(=O)(=O)O.CS(=O)(=O)O. The van der Waals surface area contributed by atoms with Crippen LogP contribution in [0.25, 0.3) is 0 Å². The summed E-state index contributed by atoms with van der Waals surface area (Å²) in [6.07, 6.45) is 5.32. The fourth-order valence-corrected chi connectivity index (χ4v) is 0.754. The summed E-state index contributed by atoms with van der Waals surface area (Å²) < 4.78 is 51.7. The monoisotopic (exact) mass is 324 g/mol. The molecule has 0 fully saturated rings. The first-order valence-corrected chi connectivity index (χ1v) is 9.18. The lowest BCUT2D eigenvalue weighted by Crippen LogP contribution is -2.02. The molecular weight excluding hydrogens is 300 g/mol. The summed E-state index contributed by atoms with van der Waals surface area (Å²) in [5.74, 6) is 0. The van der Waals surface area contributed by atoms with E-state index in [1.807, 2.05) is 0 Å². The predicted octanol–water partition coefficient (Wildman–Crippen LogP) is 0.276. The van der Waals surface area contributed by atoms with Gasteiger partial charge in [-0.05, 0) is 12.8 Å². The molecule has 0 aliphatic carbocycles. The third-order valence-electron chi connectivity index (χ3n) is 1.32. The number of hydrogen-bond donors (Lipinski definition) is 4. The van der Waals surface area contributed by atoms with Gasteiger partial charge in [-0.25, -0.2) is 0 Å². The van der Waals surface area contributed by atoms with Crippen LogP contribution in [0.2, 0.25) is 0 Å². The Bertz CT molecular complexity index is 325. The molecule has 0 amide bonds. The van der Waals surface area contributed by atoms with E-state index in [9.17, 15) is 16.8 Å². The van der Waals surface area contributed by atoms with Gasteiger partial charge in [0, 0.05) is 0 Å². The number of hydrogen-bond acceptors (Lipinski definition) is 6. The number of aliphatic hydroxyl groups excluding tert-OH is 1. The van der Waals surface area contributed by atoms with Crippen molar-refractivity contribution in [3.63, 3.8) is 0 Å². The summed E-state index contributed by atoms with van der Waals surface area (Å²) in [6, 6.07) is 0. The van der Waals surface area contributed by atoms with Gasteiger partial charge in [0.2, 0.25) is 0 Å². The topological polar surface area (TPSA) is 149 Å². The van der Waals surface area contributed by atoms with Gasteiger partial charge in [-0.15, -0.1) is 0 Å². The van der Waals surface area contributed by atoms with Gasteiger partial charge in [-0.3, -0.25) is 9.11 Å². The molecule has 0 saturated heterocycles. The van der Waals surface area contributed by atoms with Crippen molar-refractivity contribution >= 4 is 20.2 Å². The van der Waals surface area contributed by atoms with Crippen LogP contribution in [0.4, 0.5) is 0 Å². The summed E-state index contributed by atoms with van der Waals surface area (Å²) in [5, 5.41) is 16.8. The molecule has 0 aromatic heterocycles. The highest BCUT2D eigenvalue weighted by Gasteiger charge is 1.94. The van der Waals surface area contributed by atoms with Crippen molar-refractivity contribution in [1.29, 1.82) is 0 Å². The molecule has 0 atom stereocenters. The van der Waals surface area contributed by atoms with Crippen LogP contribution in [0.3, 0.4) is 0 Å². The predicted molar refractivity (Wildman–Crippen MR) is 71.9 cm³/mol. The Labute approximate surface area is 115 Å². The van der Waals surface area contributed by atoms with Crippen LogP contribution in [0, 0.1) is 0 Å². The van der Waals surface area contributed by atoms with E-state index >= 15 is 0 Å². The first-order chi connectivity index (χ1) is 8.27. The van der Waals surface area contributed by atoms with Gasteiger partial charge in [0.15, 0.2) is 6.29 Å². The lowest BCUT2D eigenvalue weighted by molar-refractivity contribution is -0.0465. The zero-order valence-electron chi connectivity index (χ0n) is 11.4. The summed E-state index contributed by atoms with van der Waals surface area (Å²) in [7, 11) is -7.33. The minimum Gasteiger partial charge on any atom is -0.368 e. The van der Waals surface area contributed by atoms with E-state index in [1.54, 1.807) is 0 Å². The van der Waals surface area contributed by atoms with Gasteiger partial charge in [0.05, 0.1) is 12.5 Å². The highest BCUT2D eigenvalue weighted by molar-refractivity contribution is 7.85. The molecule has 0 aliphatic heterocycles. The van der Waals surface area contributed by atoms with Gasteiger partial charge in [-0.2, -0.15) is 16.8 Å². The van der Waals surface area contributed by atoms with E-state index in [0.29, 0.717) is 18.9 Å². The lowest BCUT2D eigenvalue weighted by Gasteiger charge is -2.00. The number of unbranched alkanes of at least 4 members (excludes halogenated alkanes) is 3. The van der Waals surface area contributed by atoms with Gasteiger partial charge < -0.3 is 10.2 Å². The Balaban J connectivity index is -0.000000219. The Kier molecular flexibility index (Phi) is 16.0. The van der Waals surface area contributed by atoms with E-state index in [1.165, 1.54) is 12.8 Å². The standard InChI is InChI=1S/C7H16O2.2CH4O3S/c1-2-3-4-5-6-7(8)9;2*1-5(2,3)4/h7-9H,2-6H2,1H3;2*1H3,(H,2,3,4). The molecule has 0 heterocycles. The third-order valence-corrected chi connectivity index (χ3v) is 1.32. The minimum atomic E-state index is -3.67. The van der Waals surface area contributed by atoms with Gasteiger partial charge in [0.25, 0.3) is 20.2 Å². The summed E-state index contributed by atoms with van der Waals surface area (Å²) in [4.78, 5) is 0. The molecule has 0 rings (SSSR count). The van der Waals surface area contributed by atoms with Crippen molar-refractivity contribution in [1.82, 2.24) is 0 Å². The van der Waals surface area contributed by atoms with Crippen LogP contribution in [0.15, 0.2) is 0 Å². The molecule has 0 spiro atoms. The maximum absolute atomic E-state index is 9.19. The molecular formula is C9H24O8S2. The van der Waals surface area contributed by atoms with Gasteiger partial charge >= 0.3 is 0 Å². The molecule has 10 heteroatoms. The molecule has 4 N–H and O–H groups in total. The van der Waals surface area contributed by atoms with Crippen LogP contribution < -0.4 is 0 Å². The second-order valence-electron chi connectivity index (χ2n) is 3.80. The van der Waals surface area contributed by atoms with Crippen molar-refractivity contribution in [3.05, 3.63) is 0 Å². The highest BCUT2D eigenvalue weighted by Crippen LogP contribution is 2.03. The molecule has 0 saturated carbocycles. The summed E-state index contributed by atoms with van der Waals surface area (Å²) in [5.41, 5.74) is 0. The van der Waals surface area contributed by atoms with Crippen molar-refractivity contribution < 1.29 is 36.2 Å². The van der Waals surface area contributed by atoms with Crippen molar-refractivity contribution in [2.45, 2.75) is 45.3 Å². The second kappa shape index (κ2) is 12.8. The van der Waals surface area contributed by atoms with E-state index in [-0.39, 0.29) is 0 Å². The maximum Gasteiger partial charge on any atom is 0.261 e. The second-order valence-corrected chi connectivity index (χ2v) is 6.73. The van der Waals surface area contributed by atoms with Crippen LogP contribution in [-0.4, -0.2) is 55.0 Å². The number of rotatable bonds is 5. The first kappa shape index (κ1) is 23.8. The fourth-order valence-electron chi connectivity index (χ4n) is 0.754. The Morgan fingerprint density at radius 1 is 0.842 bits per heavy atom. The molecule has 0 aromatic rings. The van der Waals surface area contributed by atoms with E-state index in [0.717, 1.165) is 12.8 Å². The van der Waals surface area contributed by atoms with Crippen molar-refractivity contribution in [2.75, 3.05) is 12.5 Å². The molecule has 0 aliphatic rings. The molecule has 120 valence electrons. The average molecular weight is 324 g/mol. The first-order valence-electron chi connectivity index (χ1n) is 5.48. The third kappa shape index (κ3) is 133. The average Bonchev–Trinajstić information content (AvgIpc) is 2.06. The molecule has 0 aromatic carbocycles. The lowest BCUT2D eigenvalue weighted by atomic mass is 10.1. The maximum atomic E-state index is 9.19. The smallest absolute Gasteiger partial charge is 0.261 e. The van der Waals surface area contributed by atoms with Crippen LogP contribution in [0.1, 0.15) is 39.0 Å². The van der Waals surface area contributed by atoms with E-state index in [2.05, 4.69) is 6.92 Å². The van der Waals surface area contributed by atoms with E-state index < -0.39 is 26.5 Å². The molecule has 19 heavy (non-hydrogen) atoms. The van der Waals surface area contributed by atoms with Crippen LogP contribution in [0.5, 0.6) is 0 Å². The molecule has 8 nitrogen and oxygen atoms in total. The normalized spacial score (nSPS) is 11.2. The van der Waals surface area contributed by atoms with Crippen molar-refractivity contribution in [2.24, 2.45) is 0 Å². The summed E-state index contributed by atoms with van der Waals surface area (Å²) >= 11 is 0. The Morgan fingerprint density at radius 3 is 1.37 bits per heavy atom. The van der Waals surface area contributed by atoms with Crippen molar-refractivity contribution in [3.8, 4) is 0 Å². The molecule has 0 unspecified atom stereocenters. The largest absolute Gasteiger partial charge is 0.368 e. The Hall–Kier alpha value is -0.260. The zero-order chi connectivity index (χ0) is 16.1. The number of aliphatic hydroxyl groups is 2. The van der Waals surface area contributed by atoms with Crippen LogP contribution in [-0.2, 0) is 20.2 Å². The highest BCUT2D eigenvalue weighted by atomic mass is 32.2. The summed E-state index contributed by atoms with van der Waals surface area (Å²) in [6.45, 7) is 2.13. The zero-order valence-corrected chi connectivity index (χ0v) is 13.0. The van der Waals surface area contributed by atoms with Crippen LogP contribution >= 0.6 is 0 Å². The molecule has 0 radical (unpaired) electrons. The minimum absolute atomic E-state index is 0.528. The quantitative estimate of drug-likeness (QED) is 0.320. The fraction of sp³-hybridized carbons (Fsp3) is 1.00. The Morgan fingerprint density at radius 2 is 1.16 bits per heavy atom.